The average Bonchev–Trinajstić information content (AvgIpc) is 3.30. The number of imidazole rings is 1. The number of nitrogens with zero attached hydrogens (tertiary/aromatic N) is 6. The molecule has 10 nitrogen and oxygen atoms in total. The topological polar surface area (TPSA) is 130 Å². The summed E-state index contributed by atoms with van der Waals surface area (Å²) in [5.41, 5.74) is 7.35. The highest BCUT2D eigenvalue weighted by molar-refractivity contribution is 5.98. The predicted molar refractivity (Wildman–Crippen MR) is 135 cm³/mol. The van der Waals surface area contributed by atoms with E-state index < -0.39 is 0 Å². The maximum absolute atomic E-state index is 12.2. The van der Waals surface area contributed by atoms with E-state index in [4.69, 9.17) is 0 Å². The highest BCUT2D eigenvalue weighted by Gasteiger charge is 2.29. The van der Waals surface area contributed by atoms with Crippen LogP contribution in [0.3, 0.4) is 0 Å². The summed E-state index contributed by atoms with van der Waals surface area (Å²) in [6, 6.07) is 7.90. The van der Waals surface area contributed by atoms with Crippen molar-refractivity contribution in [3.8, 4) is 28.3 Å². The number of aryl methyl sites for hydroxylation is 1. The third-order valence-corrected chi connectivity index (χ3v) is 6.45. The Labute approximate surface area is 204 Å². The highest BCUT2D eigenvalue weighted by Crippen LogP contribution is 2.33. The lowest BCUT2D eigenvalue weighted by Gasteiger charge is -2.06. The van der Waals surface area contributed by atoms with Gasteiger partial charge < -0.3 is 14.9 Å². The zero-order valence-electron chi connectivity index (χ0n) is 19.4. The number of carbonyl (C=O) groups is 1. The summed E-state index contributed by atoms with van der Waals surface area (Å²) in [6.07, 6.45) is 12.6. The number of H-pyrrole nitrogens is 2. The fraction of sp³-hybridized carbons (Fsp3) is 0.154. The summed E-state index contributed by atoms with van der Waals surface area (Å²) in [4.78, 5) is 33.4. The minimum absolute atomic E-state index is 0.0483. The molecule has 0 saturated heterocycles. The van der Waals surface area contributed by atoms with Gasteiger partial charge in [-0.25, -0.2) is 9.97 Å². The van der Waals surface area contributed by atoms with Crippen molar-refractivity contribution in [2.45, 2.75) is 19.8 Å². The Hall–Kier alpha value is -4.86. The second-order valence-corrected chi connectivity index (χ2v) is 9.11. The van der Waals surface area contributed by atoms with Gasteiger partial charge >= 0.3 is 0 Å². The largest absolute Gasteiger partial charge is 0.338 e. The van der Waals surface area contributed by atoms with Crippen LogP contribution in [-0.2, 0) is 4.79 Å². The van der Waals surface area contributed by atoms with Crippen LogP contribution < -0.4 is 5.32 Å². The van der Waals surface area contributed by atoms with Gasteiger partial charge in [-0.2, -0.15) is 5.10 Å². The maximum Gasteiger partial charge on any atom is 0.227 e. The molecule has 0 radical (unpaired) electrons. The first-order chi connectivity index (χ1) is 17.6. The second-order valence-electron chi connectivity index (χ2n) is 9.11. The van der Waals surface area contributed by atoms with Gasteiger partial charge in [0.05, 0.1) is 52.7 Å². The number of pyridine rings is 3. The van der Waals surface area contributed by atoms with Crippen molar-refractivity contribution >= 4 is 33.5 Å². The van der Waals surface area contributed by atoms with Gasteiger partial charge in [0.1, 0.15) is 11.3 Å². The Bertz CT molecular complexity index is 1770. The van der Waals surface area contributed by atoms with Crippen LogP contribution in [0.2, 0.25) is 0 Å². The summed E-state index contributed by atoms with van der Waals surface area (Å²) >= 11 is 0. The number of fused-ring (bicyclic) bond motifs is 2. The van der Waals surface area contributed by atoms with Crippen LogP contribution in [-0.4, -0.2) is 45.6 Å². The fourth-order valence-electron chi connectivity index (χ4n) is 4.44. The van der Waals surface area contributed by atoms with Crippen molar-refractivity contribution in [1.29, 1.82) is 0 Å². The molecule has 0 atom stereocenters. The molecule has 36 heavy (non-hydrogen) atoms. The van der Waals surface area contributed by atoms with E-state index in [0.717, 1.165) is 68.8 Å². The molecule has 0 bridgehead atoms. The van der Waals surface area contributed by atoms with Gasteiger partial charge in [0, 0.05) is 40.8 Å². The van der Waals surface area contributed by atoms with Gasteiger partial charge in [-0.3, -0.25) is 19.9 Å². The SMILES string of the molecule is Cc1cn(-c2ccnc3[nH]c(-c4n[nH]c5cnc(-c6cncc(NC(=O)C7CC7)c6)cc45)cc23)cn1. The molecular formula is C26H21N9O. The maximum atomic E-state index is 12.2. The molecule has 0 spiro atoms. The smallest absolute Gasteiger partial charge is 0.227 e. The van der Waals surface area contributed by atoms with Crippen molar-refractivity contribution in [1.82, 2.24) is 39.7 Å². The first-order valence-corrected chi connectivity index (χ1v) is 11.7. The molecule has 1 aliphatic carbocycles. The molecule has 6 aromatic rings. The van der Waals surface area contributed by atoms with Crippen molar-refractivity contribution in [2.75, 3.05) is 5.32 Å². The summed E-state index contributed by atoms with van der Waals surface area (Å²) in [7, 11) is 0. The second kappa shape index (κ2) is 7.84. The van der Waals surface area contributed by atoms with Crippen molar-refractivity contribution < 1.29 is 4.79 Å². The van der Waals surface area contributed by atoms with Gasteiger partial charge in [-0.05, 0) is 44.0 Å². The van der Waals surface area contributed by atoms with Crippen LogP contribution in [0.4, 0.5) is 5.69 Å². The van der Waals surface area contributed by atoms with Crippen LogP contribution in [0.5, 0.6) is 0 Å². The zero-order valence-corrected chi connectivity index (χ0v) is 19.4. The molecule has 7 rings (SSSR count). The monoisotopic (exact) mass is 475 g/mol. The first-order valence-electron chi connectivity index (χ1n) is 11.7. The molecule has 1 aliphatic rings. The van der Waals surface area contributed by atoms with Gasteiger partial charge in [0.15, 0.2) is 0 Å². The number of carbonyl (C=O) groups excluding carboxylic acids is 1. The summed E-state index contributed by atoms with van der Waals surface area (Å²) in [5, 5.41) is 12.5. The molecule has 1 amide bonds. The summed E-state index contributed by atoms with van der Waals surface area (Å²) in [6.45, 7) is 1.96. The highest BCUT2D eigenvalue weighted by atomic mass is 16.2. The van der Waals surface area contributed by atoms with Gasteiger partial charge in [0.2, 0.25) is 5.91 Å². The Morgan fingerprint density at radius 2 is 2.00 bits per heavy atom. The zero-order chi connectivity index (χ0) is 24.2. The molecule has 1 saturated carbocycles. The third kappa shape index (κ3) is 3.50. The Morgan fingerprint density at radius 1 is 1.08 bits per heavy atom. The molecule has 0 aromatic carbocycles. The minimum Gasteiger partial charge on any atom is -0.338 e. The van der Waals surface area contributed by atoms with Gasteiger partial charge in [-0.1, -0.05) is 0 Å². The molecule has 10 heteroatoms. The van der Waals surface area contributed by atoms with E-state index in [9.17, 15) is 4.79 Å². The van der Waals surface area contributed by atoms with Crippen molar-refractivity contribution in [3.05, 3.63) is 67.3 Å². The number of nitrogens with one attached hydrogen (secondary N) is 3. The number of aromatic nitrogens is 8. The van der Waals surface area contributed by atoms with Crippen LogP contribution in [0.1, 0.15) is 18.5 Å². The van der Waals surface area contributed by atoms with Crippen LogP contribution in [0.15, 0.2) is 61.6 Å². The Balaban J connectivity index is 1.28. The summed E-state index contributed by atoms with van der Waals surface area (Å²) < 4.78 is 1.99. The molecule has 0 aliphatic heterocycles. The summed E-state index contributed by atoms with van der Waals surface area (Å²) in [5.74, 6) is 0.174. The number of anilines is 1. The molecule has 176 valence electrons. The Kier molecular flexibility index (Phi) is 4.47. The number of aromatic amines is 2. The Morgan fingerprint density at radius 3 is 2.83 bits per heavy atom. The van der Waals surface area contributed by atoms with Crippen LogP contribution >= 0.6 is 0 Å². The van der Waals surface area contributed by atoms with E-state index in [0.29, 0.717) is 5.69 Å². The lowest BCUT2D eigenvalue weighted by Crippen LogP contribution is -2.13. The number of hydrogen-bond donors (Lipinski definition) is 3. The standard InChI is InChI=1S/C26H21N9O/c1-14-12-35(13-30-14)23-4-5-28-25-19(23)8-21(32-25)24-18-7-20(29-11-22(18)33-34-24)16-6-17(10-27-9-16)31-26(36)15-2-3-15/h4-13,15H,2-3H2,1H3,(H,28,32)(H,31,36)(H,33,34). The van der Waals surface area contributed by atoms with Crippen molar-refractivity contribution in [3.63, 3.8) is 0 Å². The van der Waals surface area contributed by atoms with Crippen LogP contribution in [0, 0.1) is 12.8 Å². The first kappa shape index (κ1) is 20.5. The molecule has 6 aromatic heterocycles. The van der Waals surface area contributed by atoms with E-state index in [-0.39, 0.29) is 11.8 Å². The fourth-order valence-corrected chi connectivity index (χ4v) is 4.44. The number of rotatable bonds is 5. The number of amides is 1. The quantitative estimate of drug-likeness (QED) is 0.339. The lowest BCUT2D eigenvalue weighted by molar-refractivity contribution is -0.117. The van der Waals surface area contributed by atoms with E-state index in [1.54, 1.807) is 31.1 Å². The molecule has 6 heterocycles. The predicted octanol–water partition coefficient (Wildman–Crippen LogP) is 4.41. The van der Waals surface area contributed by atoms with E-state index in [1.165, 1.54) is 0 Å². The average molecular weight is 476 g/mol. The van der Waals surface area contributed by atoms with Gasteiger partial charge in [-0.15, -0.1) is 0 Å². The van der Waals surface area contributed by atoms with E-state index in [1.807, 2.05) is 35.9 Å². The lowest BCUT2D eigenvalue weighted by atomic mass is 10.1. The van der Waals surface area contributed by atoms with Gasteiger partial charge in [0.25, 0.3) is 0 Å². The minimum atomic E-state index is 0.0483. The normalized spacial score (nSPS) is 13.5. The van der Waals surface area contributed by atoms with E-state index >= 15 is 0 Å². The number of hydrogen-bond acceptors (Lipinski definition) is 6. The van der Waals surface area contributed by atoms with Crippen LogP contribution in [0.25, 0.3) is 50.3 Å². The molecule has 0 unspecified atom stereocenters. The van der Waals surface area contributed by atoms with Crippen molar-refractivity contribution in [2.24, 2.45) is 5.92 Å². The molecule has 3 N–H and O–H groups in total. The molecular weight excluding hydrogens is 454 g/mol. The third-order valence-electron chi connectivity index (χ3n) is 6.45. The van der Waals surface area contributed by atoms with E-state index in [2.05, 4.69) is 46.5 Å². The molecule has 1 fully saturated rings.